The van der Waals surface area contributed by atoms with E-state index in [4.69, 9.17) is 15.0 Å². The maximum absolute atomic E-state index is 10.4. The zero-order chi connectivity index (χ0) is 47.6. The molecule has 0 N–H and O–H groups in total. The molecule has 5 nitrogen and oxygen atoms in total. The Kier molecular flexibility index (Phi) is 11.2. The van der Waals surface area contributed by atoms with Gasteiger partial charge in [-0.1, -0.05) is 255 Å². The van der Waals surface area contributed by atoms with Gasteiger partial charge in [-0.15, -0.1) is 0 Å². The molecular weight excluding hydrogens is 895 g/mol. The molecule has 334 valence electrons. The molecule has 0 saturated carbocycles. The Morgan fingerprint density at radius 1 is 0.310 bits per heavy atom. The van der Waals surface area contributed by atoms with E-state index in [2.05, 4.69) is 253 Å². The van der Waals surface area contributed by atoms with Gasteiger partial charge < -0.3 is 0 Å². The predicted molar refractivity (Wildman–Crippen MR) is 297 cm³/mol. The molecule has 2 aromatic heterocycles. The van der Waals surface area contributed by atoms with E-state index in [0.717, 1.165) is 32.9 Å². The molecule has 0 bridgehead atoms. The SMILES string of the molecule is N#Cc1ccc2c3ccc([Si](c4ccccc4)(c4ccccc4)c4ccccc4)cc3n(-c3nc(-c4ccccc4)nc(-c4cccc([Si](c5ccccc5)(c5ccccc5)c5ccccc5)c4)n3)c2c1. The summed E-state index contributed by atoms with van der Waals surface area (Å²) in [6, 6.07) is 100. The van der Waals surface area contributed by atoms with E-state index in [1.807, 2.05) is 30.3 Å². The minimum absolute atomic E-state index is 0.468. The first-order valence-electron chi connectivity index (χ1n) is 23.9. The molecule has 0 spiro atoms. The van der Waals surface area contributed by atoms with Crippen LogP contribution in [0.4, 0.5) is 0 Å². The van der Waals surface area contributed by atoms with Crippen LogP contribution in [0.2, 0.25) is 0 Å². The number of benzene rings is 10. The summed E-state index contributed by atoms with van der Waals surface area (Å²) in [5.41, 5.74) is 4.10. The fourth-order valence-corrected chi connectivity index (χ4v) is 20.4. The molecule has 12 rings (SSSR count). The summed E-state index contributed by atoms with van der Waals surface area (Å²) in [7, 11) is -5.86. The quantitative estimate of drug-likeness (QED) is 0.0961. The van der Waals surface area contributed by atoms with Gasteiger partial charge in [0.2, 0.25) is 5.95 Å². The van der Waals surface area contributed by atoms with Crippen LogP contribution in [0.15, 0.2) is 273 Å². The van der Waals surface area contributed by atoms with Crippen molar-refractivity contribution in [3.05, 3.63) is 279 Å². The molecular formula is C64H45N5Si2. The smallest absolute Gasteiger partial charge is 0.238 e. The highest BCUT2D eigenvalue weighted by atomic mass is 28.3. The van der Waals surface area contributed by atoms with E-state index in [1.165, 1.54) is 41.5 Å². The summed E-state index contributed by atoms with van der Waals surface area (Å²) in [6.45, 7) is 0. The van der Waals surface area contributed by atoms with Crippen molar-refractivity contribution >= 4 is 79.4 Å². The average molecular weight is 940 g/mol. The molecule has 0 fully saturated rings. The highest BCUT2D eigenvalue weighted by Crippen LogP contribution is 2.33. The summed E-state index contributed by atoms with van der Waals surface area (Å²) >= 11 is 0. The first kappa shape index (κ1) is 43.2. The molecule has 0 amide bonds. The summed E-state index contributed by atoms with van der Waals surface area (Å²) < 4.78 is 2.16. The van der Waals surface area contributed by atoms with Crippen molar-refractivity contribution in [2.75, 3.05) is 0 Å². The van der Waals surface area contributed by atoms with Gasteiger partial charge in [-0.3, -0.25) is 4.57 Å². The third-order valence-electron chi connectivity index (χ3n) is 14.0. The molecule has 0 aliphatic carbocycles. The number of aromatic nitrogens is 4. The monoisotopic (exact) mass is 939 g/mol. The van der Waals surface area contributed by atoms with E-state index in [0.29, 0.717) is 23.2 Å². The van der Waals surface area contributed by atoms with Crippen molar-refractivity contribution in [3.63, 3.8) is 0 Å². The van der Waals surface area contributed by atoms with Crippen LogP contribution in [-0.4, -0.2) is 35.7 Å². The number of hydrogen-bond donors (Lipinski definition) is 0. The average Bonchev–Trinajstić information content (AvgIpc) is 3.78. The Hall–Kier alpha value is -9.07. The zero-order valence-corrected chi connectivity index (χ0v) is 40.7. The minimum atomic E-state index is -2.96. The van der Waals surface area contributed by atoms with Crippen molar-refractivity contribution in [1.82, 2.24) is 19.5 Å². The van der Waals surface area contributed by atoms with Gasteiger partial charge in [0.05, 0.1) is 22.7 Å². The molecule has 0 unspecified atom stereocenters. The molecule has 12 aromatic rings. The lowest BCUT2D eigenvalue weighted by Gasteiger charge is -2.34. The van der Waals surface area contributed by atoms with Crippen molar-refractivity contribution in [2.24, 2.45) is 0 Å². The van der Waals surface area contributed by atoms with E-state index in [1.54, 1.807) is 0 Å². The Morgan fingerprint density at radius 2 is 0.662 bits per heavy atom. The van der Waals surface area contributed by atoms with Crippen molar-refractivity contribution in [2.45, 2.75) is 0 Å². The van der Waals surface area contributed by atoms with E-state index < -0.39 is 16.1 Å². The van der Waals surface area contributed by atoms with Crippen LogP contribution in [0, 0.1) is 11.3 Å². The number of fused-ring (bicyclic) bond motifs is 3. The second kappa shape index (κ2) is 18.4. The van der Waals surface area contributed by atoms with Crippen LogP contribution in [0.3, 0.4) is 0 Å². The van der Waals surface area contributed by atoms with Crippen molar-refractivity contribution in [3.8, 4) is 34.8 Å². The van der Waals surface area contributed by atoms with Crippen LogP contribution in [-0.2, 0) is 0 Å². The van der Waals surface area contributed by atoms with Gasteiger partial charge in [-0.25, -0.2) is 4.98 Å². The van der Waals surface area contributed by atoms with Gasteiger partial charge in [0.1, 0.15) is 0 Å². The Morgan fingerprint density at radius 3 is 1.10 bits per heavy atom. The molecule has 10 aromatic carbocycles. The number of hydrogen-bond acceptors (Lipinski definition) is 4. The third kappa shape index (κ3) is 7.42. The molecule has 0 radical (unpaired) electrons. The lowest BCUT2D eigenvalue weighted by Crippen LogP contribution is -2.74. The summed E-state index contributed by atoms with van der Waals surface area (Å²) in [5.74, 6) is 1.57. The summed E-state index contributed by atoms with van der Waals surface area (Å²) in [5, 5.41) is 22.6. The fraction of sp³-hybridized carbons (Fsp3) is 0. The highest BCUT2D eigenvalue weighted by Gasteiger charge is 2.43. The fourth-order valence-electron chi connectivity index (χ4n) is 10.9. The molecule has 0 atom stereocenters. The second-order valence-corrected chi connectivity index (χ2v) is 25.5. The maximum atomic E-state index is 10.4. The van der Waals surface area contributed by atoms with E-state index >= 15 is 0 Å². The van der Waals surface area contributed by atoms with Crippen LogP contribution in [0.5, 0.6) is 0 Å². The standard InChI is InChI=1S/C64H45N5Si2/c65-46-47-39-41-58-59-42-40-57(71(53-32-16-5-17-33-53,54-34-18-6-19-35-54)55-36-20-7-21-37-55)45-61(59)69(60(58)43-47)64-67-62(48-23-8-1-9-24-48)66-63(68-64)49-25-22-38-56(44-49)70(50-26-10-2-11-27-50,51-28-12-3-13-29-51)52-30-14-4-15-31-52/h1-45H. The van der Waals surface area contributed by atoms with Gasteiger partial charge in [-0.2, -0.15) is 15.2 Å². The minimum Gasteiger partial charge on any atom is -0.278 e. The van der Waals surface area contributed by atoms with Crippen molar-refractivity contribution in [1.29, 1.82) is 5.26 Å². The first-order valence-corrected chi connectivity index (χ1v) is 27.9. The number of nitriles is 1. The second-order valence-electron chi connectivity index (χ2n) is 17.8. The topological polar surface area (TPSA) is 67.4 Å². The Bertz CT molecular complexity index is 3670. The Balaban J connectivity index is 1.15. The van der Waals surface area contributed by atoms with Crippen molar-refractivity contribution < 1.29 is 0 Å². The van der Waals surface area contributed by atoms with Gasteiger partial charge >= 0.3 is 0 Å². The van der Waals surface area contributed by atoms with Gasteiger partial charge in [-0.05, 0) is 59.7 Å². The summed E-state index contributed by atoms with van der Waals surface area (Å²) in [4.78, 5) is 16.2. The lowest BCUT2D eigenvalue weighted by molar-refractivity contribution is 0.953. The zero-order valence-electron chi connectivity index (χ0n) is 38.7. The van der Waals surface area contributed by atoms with Gasteiger partial charge in [0, 0.05) is 21.9 Å². The lowest BCUT2D eigenvalue weighted by atomic mass is 10.1. The number of rotatable bonds is 11. The molecule has 7 heteroatoms. The largest absolute Gasteiger partial charge is 0.278 e. The van der Waals surface area contributed by atoms with Gasteiger partial charge in [0.25, 0.3) is 0 Å². The molecule has 0 aliphatic rings. The summed E-state index contributed by atoms with van der Waals surface area (Å²) in [6.07, 6.45) is 0. The van der Waals surface area contributed by atoms with E-state index in [9.17, 15) is 5.26 Å². The molecule has 2 heterocycles. The molecule has 71 heavy (non-hydrogen) atoms. The van der Waals surface area contributed by atoms with Gasteiger partial charge in [0.15, 0.2) is 27.8 Å². The highest BCUT2D eigenvalue weighted by molar-refractivity contribution is 7.20. The third-order valence-corrected chi connectivity index (χ3v) is 23.5. The van der Waals surface area contributed by atoms with Crippen LogP contribution in [0.25, 0.3) is 50.5 Å². The maximum Gasteiger partial charge on any atom is 0.238 e. The first-order chi connectivity index (χ1) is 35.2. The van der Waals surface area contributed by atoms with E-state index in [-0.39, 0.29) is 0 Å². The Labute approximate surface area is 415 Å². The molecule has 0 aliphatic heterocycles. The number of nitrogens with zero attached hydrogens (tertiary/aromatic N) is 5. The van der Waals surface area contributed by atoms with Crippen LogP contribution in [0.1, 0.15) is 5.56 Å². The normalized spacial score (nSPS) is 11.6. The molecule has 0 saturated heterocycles. The predicted octanol–water partition coefficient (Wildman–Crippen LogP) is 8.93. The van der Waals surface area contributed by atoms with Crippen LogP contribution < -0.4 is 41.5 Å². The van der Waals surface area contributed by atoms with Crippen LogP contribution >= 0.6 is 0 Å².